The van der Waals surface area contributed by atoms with Crippen LogP contribution in [0.5, 0.6) is 5.75 Å². The summed E-state index contributed by atoms with van der Waals surface area (Å²) in [4.78, 5) is 11.7. The number of carbonyl (C=O) groups is 1. The second-order valence-corrected chi connectivity index (χ2v) is 3.37. The van der Waals surface area contributed by atoms with E-state index in [4.69, 9.17) is 20.3 Å². The van der Waals surface area contributed by atoms with Crippen LogP contribution in [0.25, 0.3) is 0 Å². The molecule has 0 amide bonds. The van der Waals surface area contributed by atoms with E-state index in [0.29, 0.717) is 5.75 Å². The highest BCUT2D eigenvalue weighted by atomic mass is 16.5. The van der Waals surface area contributed by atoms with Crippen LogP contribution in [0.2, 0.25) is 0 Å². The third-order valence-electron chi connectivity index (χ3n) is 1.94. The summed E-state index contributed by atoms with van der Waals surface area (Å²) < 4.78 is 9.87. The number of nitrogens with two attached hydrogens (primary N) is 1. The lowest BCUT2D eigenvalue weighted by atomic mass is 10.1. The van der Waals surface area contributed by atoms with Crippen LogP contribution in [-0.2, 0) is 4.74 Å². The molecular formula is C11H15NO4. The van der Waals surface area contributed by atoms with Gasteiger partial charge in [0.25, 0.3) is 0 Å². The molecule has 0 spiro atoms. The average molecular weight is 225 g/mol. The second kappa shape index (κ2) is 5.37. The van der Waals surface area contributed by atoms with E-state index in [9.17, 15) is 4.79 Å². The highest BCUT2D eigenvalue weighted by molar-refractivity contribution is 5.98. The number of hydrogen-bond acceptors (Lipinski definition) is 5. The third kappa shape index (κ3) is 2.87. The number of methoxy groups -OCH3 is 1. The van der Waals surface area contributed by atoms with Crippen molar-refractivity contribution in [2.75, 3.05) is 19.5 Å². The first-order valence-corrected chi connectivity index (χ1v) is 4.84. The predicted molar refractivity (Wildman–Crippen MR) is 59.4 cm³/mol. The molecule has 5 heteroatoms. The molecule has 0 saturated heterocycles. The van der Waals surface area contributed by atoms with Gasteiger partial charge < -0.3 is 20.3 Å². The molecule has 0 fully saturated rings. The SMILES string of the molecule is COc1cccc(N)c1C(=O)OCC(C)O. The molecule has 0 aliphatic heterocycles. The summed E-state index contributed by atoms with van der Waals surface area (Å²) in [6, 6.07) is 4.89. The Bertz CT molecular complexity index is 376. The largest absolute Gasteiger partial charge is 0.496 e. The van der Waals surface area contributed by atoms with Crippen molar-refractivity contribution in [1.29, 1.82) is 0 Å². The summed E-state index contributed by atoms with van der Waals surface area (Å²) in [7, 11) is 1.44. The molecule has 5 nitrogen and oxygen atoms in total. The zero-order chi connectivity index (χ0) is 12.1. The number of esters is 1. The van der Waals surface area contributed by atoms with Crippen molar-refractivity contribution in [2.45, 2.75) is 13.0 Å². The first kappa shape index (κ1) is 12.3. The van der Waals surface area contributed by atoms with Gasteiger partial charge in [-0.15, -0.1) is 0 Å². The van der Waals surface area contributed by atoms with Gasteiger partial charge >= 0.3 is 5.97 Å². The van der Waals surface area contributed by atoms with Gasteiger partial charge in [-0.2, -0.15) is 0 Å². The maximum Gasteiger partial charge on any atom is 0.344 e. The molecule has 1 aromatic carbocycles. The molecule has 1 unspecified atom stereocenters. The summed E-state index contributed by atoms with van der Waals surface area (Å²) in [5, 5.41) is 9.00. The van der Waals surface area contributed by atoms with Gasteiger partial charge in [-0.1, -0.05) is 6.07 Å². The Morgan fingerprint density at radius 3 is 2.81 bits per heavy atom. The number of benzene rings is 1. The summed E-state index contributed by atoms with van der Waals surface area (Å²) in [6.45, 7) is 1.45. The molecule has 1 aromatic rings. The molecule has 16 heavy (non-hydrogen) atoms. The van der Waals surface area contributed by atoms with Gasteiger partial charge in [-0.3, -0.25) is 0 Å². The Labute approximate surface area is 93.8 Å². The van der Waals surface area contributed by atoms with Crippen molar-refractivity contribution < 1.29 is 19.4 Å². The van der Waals surface area contributed by atoms with Crippen molar-refractivity contribution in [3.8, 4) is 5.75 Å². The van der Waals surface area contributed by atoms with Crippen LogP contribution < -0.4 is 10.5 Å². The van der Waals surface area contributed by atoms with Crippen LogP contribution >= 0.6 is 0 Å². The molecule has 0 radical (unpaired) electrons. The van der Waals surface area contributed by atoms with E-state index in [2.05, 4.69) is 0 Å². The quantitative estimate of drug-likeness (QED) is 0.585. The van der Waals surface area contributed by atoms with E-state index in [1.165, 1.54) is 14.0 Å². The van der Waals surface area contributed by atoms with Crippen molar-refractivity contribution in [2.24, 2.45) is 0 Å². The van der Waals surface area contributed by atoms with Gasteiger partial charge in [0.1, 0.15) is 17.9 Å². The highest BCUT2D eigenvalue weighted by Gasteiger charge is 2.17. The normalized spacial score (nSPS) is 11.9. The summed E-state index contributed by atoms with van der Waals surface area (Å²) in [5.41, 5.74) is 6.13. The number of hydrogen-bond donors (Lipinski definition) is 2. The first-order chi connectivity index (χ1) is 7.56. The third-order valence-corrected chi connectivity index (χ3v) is 1.94. The Balaban J connectivity index is 2.89. The minimum Gasteiger partial charge on any atom is -0.496 e. The van der Waals surface area contributed by atoms with Gasteiger partial charge in [-0.05, 0) is 19.1 Å². The molecule has 0 saturated carbocycles. The molecule has 0 aromatic heterocycles. The van der Waals surface area contributed by atoms with Gasteiger partial charge in [0.15, 0.2) is 0 Å². The number of aliphatic hydroxyl groups is 1. The number of carbonyl (C=O) groups excluding carboxylic acids is 1. The number of aliphatic hydroxyl groups excluding tert-OH is 1. The smallest absolute Gasteiger partial charge is 0.344 e. The Morgan fingerprint density at radius 2 is 2.25 bits per heavy atom. The van der Waals surface area contributed by atoms with Crippen LogP contribution in [0.15, 0.2) is 18.2 Å². The van der Waals surface area contributed by atoms with Gasteiger partial charge in [0.05, 0.1) is 13.2 Å². The maximum absolute atomic E-state index is 11.7. The molecule has 1 rings (SSSR count). The predicted octanol–water partition coefficient (Wildman–Crippen LogP) is 0.815. The van der Waals surface area contributed by atoms with Gasteiger partial charge in [-0.25, -0.2) is 4.79 Å². The molecule has 0 bridgehead atoms. The lowest BCUT2D eigenvalue weighted by Gasteiger charge is -2.11. The molecule has 1 atom stereocenters. The fourth-order valence-corrected chi connectivity index (χ4v) is 1.21. The van der Waals surface area contributed by atoms with E-state index in [-0.39, 0.29) is 17.9 Å². The summed E-state index contributed by atoms with van der Waals surface area (Å²) in [6.07, 6.45) is -0.708. The molecular weight excluding hydrogens is 210 g/mol. The summed E-state index contributed by atoms with van der Waals surface area (Å²) >= 11 is 0. The average Bonchev–Trinajstić information content (AvgIpc) is 2.25. The van der Waals surface area contributed by atoms with Crippen LogP contribution in [0.4, 0.5) is 5.69 Å². The van der Waals surface area contributed by atoms with E-state index >= 15 is 0 Å². The fraction of sp³-hybridized carbons (Fsp3) is 0.364. The lowest BCUT2D eigenvalue weighted by molar-refractivity contribution is 0.0294. The fourth-order valence-electron chi connectivity index (χ4n) is 1.21. The monoisotopic (exact) mass is 225 g/mol. The second-order valence-electron chi connectivity index (χ2n) is 3.37. The summed E-state index contributed by atoms with van der Waals surface area (Å²) in [5.74, 6) is -0.244. The van der Waals surface area contributed by atoms with Crippen LogP contribution in [0.3, 0.4) is 0 Å². The number of ether oxygens (including phenoxy) is 2. The van der Waals surface area contributed by atoms with Crippen LogP contribution in [0.1, 0.15) is 17.3 Å². The topological polar surface area (TPSA) is 81.8 Å². The Morgan fingerprint density at radius 1 is 1.56 bits per heavy atom. The first-order valence-electron chi connectivity index (χ1n) is 4.84. The Hall–Kier alpha value is -1.75. The van der Waals surface area contributed by atoms with E-state index in [0.717, 1.165) is 0 Å². The lowest BCUT2D eigenvalue weighted by Crippen LogP contribution is -2.17. The van der Waals surface area contributed by atoms with Crippen LogP contribution in [-0.4, -0.2) is 30.9 Å². The number of rotatable bonds is 4. The molecule has 88 valence electrons. The minimum atomic E-state index is -0.708. The zero-order valence-corrected chi connectivity index (χ0v) is 9.27. The zero-order valence-electron chi connectivity index (χ0n) is 9.27. The maximum atomic E-state index is 11.7. The highest BCUT2D eigenvalue weighted by Crippen LogP contribution is 2.24. The number of nitrogen functional groups attached to an aromatic ring is 1. The van der Waals surface area contributed by atoms with Crippen molar-refractivity contribution in [3.05, 3.63) is 23.8 Å². The van der Waals surface area contributed by atoms with Crippen molar-refractivity contribution in [3.63, 3.8) is 0 Å². The van der Waals surface area contributed by atoms with E-state index in [1.54, 1.807) is 18.2 Å². The van der Waals surface area contributed by atoms with Gasteiger partial charge in [0, 0.05) is 5.69 Å². The van der Waals surface area contributed by atoms with Crippen LogP contribution in [0, 0.1) is 0 Å². The standard InChI is InChI=1S/C11H15NO4/c1-7(13)6-16-11(14)10-8(12)4-3-5-9(10)15-2/h3-5,7,13H,6,12H2,1-2H3. The number of anilines is 1. The van der Waals surface area contributed by atoms with Gasteiger partial charge in [0.2, 0.25) is 0 Å². The molecule has 0 aliphatic rings. The van der Waals surface area contributed by atoms with E-state index < -0.39 is 12.1 Å². The van der Waals surface area contributed by atoms with Crippen molar-refractivity contribution in [1.82, 2.24) is 0 Å². The molecule has 0 heterocycles. The molecule has 3 N–H and O–H groups in total. The molecule has 0 aliphatic carbocycles. The minimum absolute atomic E-state index is 0.0731. The Kier molecular flexibility index (Phi) is 4.13. The van der Waals surface area contributed by atoms with E-state index in [1.807, 2.05) is 0 Å². The van der Waals surface area contributed by atoms with Crippen molar-refractivity contribution >= 4 is 11.7 Å².